The maximum Gasteiger partial charge on any atom is 0.0330 e. The lowest BCUT2D eigenvalue weighted by Crippen LogP contribution is -1.91. The lowest BCUT2D eigenvalue weighted by atomic mass is 9.95. The fourth-order valence-electron chi connectivity index (χ4n) is 2.19. The van der Waals surface area contributed by atoms with Crippen LogP contribution in [0.4, 0.5) is 0 Å². The molecule has 0 saturated carbocycles. The van der Waals surface area contributed by atoms with Crippen molar-refractivity contribution in [3.8, 4) is 11.8 Å². The molecule has 2 aromatic carbocycles. The second-order valence-corrected chi connectivity index (χ2v) is 4.87. The van der Waals surface area contributed by atoms with Crippen LogP contribution in [0.3, 0.4) is 0 Å². The van der Waals surface area contributed by atoms with Crippen LogP contribution < -0.4 is 0 Å². The minimum Gasteiger partial charge on any atom is -0.119 e. The standard InChI is InChI=1S/C21H20/c1-3-5-6-8-15-19-16-11-12-17-21(19)20(4-2)18-13-9-7-10-14-18/h7,9-14,16-17H,2-3,5-6H2,1H3. The van der Waals surface area contributed by atoms with Crippen molar-refractivity contribution in [1.82, 2.24) is 0 Å². The van der Waals surface area contributed by atoms with Gasteiger partial charge in [-0.3, -0.25) is 0 Å². The van der Waals surface area contributed by atoms with Crippen molar-refractivity contribution in [1.29, 1.82) is 0 Å². The van der Waals surface area contributed by atoms with Crippen LogP contribution in [0.15, 0.2) is 66.9 Å². The quantitative estimate of drug-likeness (QED) is 0.394. The first-order valence-electron chi connectivity index (χ1n) is 7.40. The molecule has 0 aliphatic rings. The zero-order valence-electron chi connectivity index (χ0n) is 12.5. The van der Waals surface area contributed by atoms with Gasteiger partial charge in [0, 0.05) is 23.1 Å². The predicted octanol–water partition coefficient (Wildman–Crippen LogP) is 5.44. The molecule has 0 aliphatic carbocycles. The van der Waals surface area contributed by atoms with E-state index in [2.05, 4.69) is 55.3 Å². The molecule has 0 saturated heterocycles. The van der Waals surface area contributed by atoms with Crippen LogP contribution in [0, 0.1) is 11.8 Å². The maximum atomic E-state index is 3.85. The molecule has 0 aromatic heterocycles. The Labute approximate surface area is 127 Å². The van der Waals surface area contributed by atoms with Crippen LogP contribution in [-0.2, 0) is 0 Å². The molecule has 0 atom stereocenters. The summed E-state index contributed by atoms with van der Waals surface area (Å²) in [5.41, 5.74) is 7.35. The Hall–Kier alpha value is -2.48. The summed E-state index contributed by atoms with van der Waals surface area (Å²) in [5, 5.41) is 0. The van der Waals surface area contributed by atoms with E-state index in [-0.39, 0.29) is 0 Å². The van der Waals surface area contributed by atoms with Gasteiger partial charge in [-0.15, -0.1) is 5.73 Å². The van der Waals surface area contributed by atoms with Gasteiger partial charge in [-0.1, -0.05) is 80.3 Å². The summed E-state index contributed by atoms with van der Waals surface area (Å²) >= 11 is 0. The molecule has 0 spiro atoms. The summed E-state index contributed by atoms with van der Waals surface area (Å²) < 4.78 is 0. The third-order valence-electron chi connectivity index (χ3n) is 3.31. The minimum atomic E-state index is 0.948. The van der Waals surface area contributed by atoms with E-state index in [1.807, 2.05) is 30.3 Å². The molecule has 0 N–H and O–H groups in total. The first-order chi connectivity index (χ1) is 10.4. The molecule has 0 fully saturated rings. The van der Waals surface area contributed by atoms with Gasteiger partial charge >= 0.3 is 0 Å². The lowest BCUT2D eigenvalue weighted by Gasteiger charge is -2.08. The van der Waals surface area contributed by atoms with Crippen LogP contribution in [0.1, 0.15) is 42.9 Å². The highest BCUT2D eigenvalue weighted by atomic mass is 14.1. The van der Waals surface area contributed by atoms with Gasteiger partial charge in [-0.2, -0.15) is 0 Å². The Morgan fingerprint density at radius 3 is 2.43 bits per heavy atom. The van der Waals surface area contributed by atoms with E-state index in [4.69, 9.17) is 0 Å². The predicted molar refractivity (Wildman–Crippen MR) is 90.9 cm³/mol. The summed E-state index contributed by atoms with van der Waals surface area (Å²) in [6.07, 6.45) is 3.28. The van der Waals surface area contributed by atoms with Crippen LogP contribution in [0.2, 0.25) is 0 Å². The van der Waals surface area contributed by atoms with Crippen molar-refractivity contribution in [2.24, 2.45) is 0 Å². The highest BCUT2D eigenvalue weighted by molar-refractivity contribution is 5.82. The van der Waals surface area contributed by atoms with Gasteiger partial charge < -0.3 is 0 Å². The van der Waals surface area contributed by atoms with Crippen molar-refractivity contribution in [3.63, 3.8) is 0 Å². The van der Waals surface area contributed by atoms with E-state index in [0.29, 0.717) is 0 Å². The zero-order valence-corrected chi connectivity index (χ0v) is 12.5. The smallest absolute Gasteiger partial charge is 0.0330 e. The van der Waals surface area contributed by atoms with Crippen LogP contribution in [0.25, 0.3) is 5.57 Å². The van der Waals surface area contributed by atoms with E-state index in [0.717, 1.165) is 35.1 Å². The summed E-state index contributed by atoms with van der Waals surface area (Å²) in [6.45, 7) is 6.04. The molecule has 2 aromatic rings. The molecular weight excluding hydrogens is 252 g/mol. The molecule has 0 amide bonds. The van der Waals surface area contributed by atoms with Crippen molar-refractivity contribution < 1.29 is 0 Å². The third-order valence-corrected chi connectivity index (χ3v) is 3.31. The minimum absolute atomic E-state index is 0.948. The normalized spacial score (nSPS) is 9.38. The largest absolute Gasteiger partial charge is 0.119 e. The SMILES string of the molecule is C=C=C(c1ccccc1)c1ccccc1C#CCCCC. The van der Waals surface area contributed by atoms with Gasteiger partial charge in [0.25, 0.3) is 0 Å². The molecule has 0 heteroatoms. The number of rotatable bonds is 4. The maximum absolute atomic E-state index is 3.85. The van der Waals surface area contributed by atoms with E-state index in [9.17, 15) is 0 Å². The Morgan fingerprint density at radius 1 is 1.00 bits per heavy atom. The Kier molecular flexibility index (Phi) is 5.65. The molecule has 0 radical (unpaired) electrons. The van der Waals surface area contributed by atoms with Crippen LogP contribution in [0.5, 0.6) is 0 Å². The molecule has 2 rings (SSSR count). The van der Waals surface area contributed by atoms with Gasteiger partial charge in [0.15, 0.2) is 0 Å². The van der Waals surface area contributed by atoms with E-state index >= 15 is 0 Å². The summed E-state index contributed by atoms with van der Waals surface area (Å²) in [4.78, 5) is 0. The summed E-state index contributed by atoms with van der Waals surface area (Å²) in [6, 6.07) is 18.4. The highest BCUT2D eigenvalue weighted by Crippen LogP contribution is 2.24. The van der Waals surface area contributed by atoms with Crippen molar-refractivity contribution in [2.75, 3.05) is 0 Å². The second-order valence-electron chi connectivity index (χ2n) is 4.87. The molecule has 0 aliphatic heterocycles. The monoisotopic (exact) mass is 272 g/mol. The Bertz CT molecular complexity index is 690. The van der Waals surface area contributed by atoms with E-state index < -0.39 is 0 Å². The first kappa shape index (κ1) is 14.9. The number of hydrogen-bond donors (Lipinski definition) is 0. The van der Waals surface area contributed by atoms with Gasteiger partial charge in [0.1, 0.15) is 0 Å². The van der Waals surface area contributed by atoms with Crippen LogP contribution >= 0.6 is 0 Å². The summed E-state index contributed by atoms with van der Waals surface area (Å²) in [7, 11) is 0. The average Bonchev–Trinajstić information content (AvgIpc) is 2.55. The Balaban J connectivity index is 2.39. The number of benzene rings is 2. The van der Waals surface area contributed by atoms with Gasteiger partial charge in [0.05, 0.1) is 0 Å². The molecule has 0 bridgehead atoms. The van der Waals surface area contributed by atoms with Gasteiger partial charge in [-0.25, -0.2) is 0 Å². The molecule has 0 unspecified atom stereocenters. The van der Waals surface area contributed by atoms with E-state index in [1.165, 1.54) is 6.42 Å². The summed E-state index contributed by atoms with van der Waals surface area (Å²) in [5.74, 6) is 6.56. The first-order valence-corrected chi connectivity index (χ1v) is 7.40. The van der Waals surface area contributed by atoms with Crippen molar-refractivity contribution >= 4 is 5.57 Å². The highest BCUT2D eigenvalue weighted by Gasteiger charge is 2.07. The molecule has 0 heterocycles. The number of hydrogen-bond acceptors (Lipinski definition) is 0. The topological polar surface area (TPSA) is 0 Å². The number of unbranched alkanes of at least 4 members (excludes halogenated alkanes) is 2. The fourth-order valence-corrected chi connectivity index (χ4v) is 2.19. The van der Waals surface area contributed by atoms with E-state index in [1.54, 1.807) is 0 Å². The zero-order chi connectivity index (χ0) is 14.9. The van der Waals surface area contributed by atoms with Gasteiger partial charge in [0.2, 0.25) is 0 Å². The second kappa shape index (κ2) is 7.95. The Morgan fingerprint density at radius 2 is 1.71 bits per heavy atom. The average molecular weight is 272 g/mol. The third kappa shape index (κ3) is 3.99. The lowest BCUT2D eigenvalue weighted by molar-refractivity contribution is 0.828. The molecular formula is C21H20. The van der Waals surface area contributed by atoms with Crippen molar-refractivity contribution in [2.45, 2.75) is 26.2 Å². The molecule has 0 nitrogen and oxygen atoms in total. The molecule has 104 valence electrons. The van der Waals surface area contributed by atoms with Gasteiger partial charge in [-0.05, 0) is 18.1 Å². The van der Waals surface area contributed by atoms with Crippen LogP contribution in [-0.4, -0.2) is 0 Å². The fraction of sp³-hybridized carbons (Fsp3) is 0.190. The van der Waals surface area contributed by atoms with Crippen molar-refractivity contribution in [3.05, 3.63) is 83.6 Å². The molecule has 21 heavy (non-hydrogen) atoms.